The molecule has 92 valence electrons. The van der Waals surface area contributed by atoms with Crippen LogP contribution in [0.5, 0.6) is 0 Å². The minimum Gasteiger partial charge on any atom is -0.390 e. The normalized spacial score (nSPS) is 16.8. The van der Waals surface area contributed by atoms with Crippen LogP contribution >= 0.6 is 0 Å². The first kappa shape index (κ1) is 11.5. The van der Waals surface area contributed by atoms with E-state index in [0.29, 0.717) is 5.92 Å². The zero-order valence-electron chi connectivity index (χ0n) is 10.4. The highest BCUT2D eigenvalue weighted by Gasteiger charge is 2.42. The van der Waals surface area contributed by atoms with Crippen molar-refractivity contribution in [2.45, 2.75) is 30.8 Å². The highest BCUT2D eigenvalue weighted by Crippen LogP contribution is 2.45. The number of hydrogen-bond acceptors (Lipinski definition) is 1. The van der Waals surface area contributed by atoms with Gasteiger partial charge in [0.15, 0.2) is 0 Å². The average Bonchev–Trinajstić information content (AvgIpc) is 3.16. The average molecular weight is 238 g/mol. The van der Waals surface area contributed by atoms with Crippen LogP contribution in [0, 0.1) is 0 Å². The summed E-state index contributed by atoms with van der Waals surface area (Å²) in [4.78, 5) is 0. The minimum atomic E-state index is -0.420. The molecule has 0 aromatic heterocycles. The molecule has 3 rings (SSSR count). The number of rotatable bonds is 4. The highest BCUT2D eigenvalue weighted by molar-refractivity contribution is 5.33. The van der Waals surface area contributed by atoms with Crippen molar-refractivity contribution in [1.29, 1.82) is 0 Å². The highest BCUT2D eigenvalue weighted by atomic mass is 16.3. The Morgan fingerprint density at radius 1 is 0.833 bits per heavy atom. The first-order valence-corrected chi connectivity index (χ1v) is 6.59. The van der Waals surface area contributed by atoms with E-state index in [1.807, 2.05) is 12.1 Å². The van der Waals surface area contributed by atoms with E-state index in [2.05, 4.69) is 48.5 Å². The Labute approximate surface area is 108 Å². The van der Waals surface area contributed by atoms with Gasteiger partial charge in [0, 0.05) is 5.92 Å². The molecular weight excluding hydrogens is 220 g/mol. The largest absolute Gasteiger partial charge is 0.390 e. The molecule has 1 heteroatoms. The Morgan fingerprint density at radius 2 is 1.28 bits per heavy atom. The monoisotopic (exact) mass is 238 g/mol. The van der Waals surface area contributed by atoms with Gasteiger partial charge in [-0.05, 0) is 30.4 Å². The van der Waals surface area contributed by atoms with E-state index in [9.17, 15) is 5.11 Å². The van der Waals surface area contributed by atoms with Crippen molar-refractivity contribution in [1.82, 2.24) is 0 Å². The number of hydrogen-bond donors (Lipinski definition) is 1. The smallest absolute Gasteiger partial charge is 0.0659 e. The molecule has 0 aliphatic heterocycles. The lowest BCUT2D eigenvalue weighted by Gasteiger charge is -2.21. The standard InChI is InChI=1S/C17H18O/c18-17(11-12-17)13-16(14-7-3-1-4-8-14)15-9-5-2-6-10-15/h1-10,16,18H,11-13H2. The van der Waals surface area contributed by atoms with Crippen molar-refractivity contribution in [2.75, 3.05) is 0 Å². The maximum Gasteiger partial charge on any atom is 0.0659 e. The Balaban J connectivity index is 1.93. The van der Waals surface area contributed by atoms with Gasteiger partial charge in [-0.2, -0.15) is 0 Å². The van der Waals surface area contributed by atoms with Crippen LogP contribution < -0.4 is 0 Å². The molecule has 1 nitrogen and oxygen atoms in total. The summed E-state index contributed by atoms with van der Waals surface area (Å²) < 4.78 is 0. The first-order valence-electron chi connectivity index (χ1n) is 6.59. The summed E-state index contributed by atoms with van der Waals surface area (Å²) in [6, 6.07) is 21.0. The SMILES string of the molecule is OC1(CC(c2ccccc2)c2ccccc2)CC1. The lowest BCUT2D eigenvalue weighted by Crippen LogP contribution is -2.14. The third-order valence-electron chi connectivity index (χ3n) is 3.82. The number of aliphatic hydroxyl groups is 1. The van der Waals surface area contributed by atoms with Crippen LogP contribution in [-0.4, -0.2) is 10.7 Å². The summed E-state index contributed by atoms with van der Waals surface area (Å²) in [5.41, 5.74) is 2.17. The molecule has 0 heterocycles. The molecule has 0 atom stereocenters. The van der Waals surface area contributed by atoms with E-state index in [1.165, 1.54) is 11.1 Å². The lowest BCUT2D eigenvalue weighted by molar-refractivity contribution is 0.135. The van der Waals surface area contributed by atoms with Gasteiger partial charge >= 0.3 is 0 Å². The summed E-state index contributed by atoms with van der Waals surface area (Å²) in [7, 11) is 0. The molecule has 1 saturated carbocycles. The molecule has 2 aromatic rings. The molecule has 1 aliphatic carbocycles. The summed E-state index contributed by atoms with van der Waals surface area (Å²) in [6.45, 7) is 0. The molecule has 0 amide bonds. The fraction of sp³-hybridized carbons (Fsp3) is 0.294. The fourth-order valence-electron chi connectivity index (χ4n) is 2.53. The third kappa shape index (κ3) is 2.46. The third-order valence-corrected chi connectivity index (χ3v) is 3.82. The van der Waals surface area contributed by atoms with Gasteiger partial charge < -0.3 is 5.11 Å². The molecule has 1 aliphatic rings. The van der Waals surface area contributed by atoms with E-state index >= 15 is 0 Å². The maximum atomic E-state index is 10.2. The van der Waals surface area contributed by atoms with Gasteiger partial charge in [0.2, 0.25) is 0 Å². The quantitative estimate of drug-likeness (QED) is 0.860. The molecule has 1 fully saturated rings. The molecule has 0 unspecified atom stereocenters. The van der Waals surface area contributed by atoms with E-state index in [0.717, 1.165) is 19.3 Å². The predicted molar refractivity (Wildman–Crippen MR) is 73.5 cm³/mol. The van der Waals surface area contributed by atoms with Crippen molar-refractivity contribution < 1.29 is 5.11 Å². The van der Waals surface area contributed by atoms with E-state index in [1.54, 1.807) is 0 Å². The minimum absolute atomic E-state index is 0.305. The molecule has 18 heavy (non-hydrogen) atoms. The van der Waals surface area contributed by atoms with Crippen LogP contribution in [0.1, 0.15) is 36.3 Å². The molecule has 0 saturated heterocycles. The van der Waals surface area contributed by atoms with Crippen molar-refractivity contribution in [3.8, 4) is 0 Å². The second-order valence-electron chi connectivity index (χ2n) is 5.30. The Bertz CT molecular complexity index is 460. The molecule has 0 bridgehead atoms. The molecule has 0 spiro atoms. The second kappa shape index (κ2) is 4.58. The van der Waals surface area contributed by atoms with Crippen LogP contribution in [-0.2, 0) is 0 Å². The molecule has 1 N–H and O–H groups in total. The van der Waals surface area contributed by atoms with Crippen LogP contribution in [0.3, 0.4) is 0 Å². The van der Waals surface area contributed by atoms with Gasteiger partial charge in [-0.1, -0.05) is 60.7 Å². The van der Waals surface area contributed by atoms with Crippen molar-refractivity contribution in [3.63, 3.8) is 0 Å². The van der Waals surface area contributed by atoms with Gasteiger partial charge in [-0.25, -0.2) is 0 Å². The molecule has 0 radical (unpaired) electrons. The Hall–Kier alpha value is -1.60. The van der Waals surface area contributed by atoms with Crippen LogP contribution in [0.4, 0.5) is 0 Å². The van der Waals surface area contributed by atoms with E-state index in [4.69, 9.17) is 0 Å². The zero-order chi connectivity index (χ0) is 12.4. The van der Waals surface area contributed by atoms with E-state index < -0.39 is 5.60 Å². The summed E-state index contributed by atoms with van der Waals surface area (Å²) >= 11 is 0. The van der Waals surface area contributed by atoms with Crippen molar-refractivity contribution >= 4 is 0 Å². The Kier molecular flexibility index (Phi) is 2.92. The summed E-state index contributed by atoms with van der Waals surface area (Å²) in [5, 5.41) is 10.2. The molecular formula is C17H18O. The van der Waals surface area contributed by atoms with Gasteiger partial charge in [-0.15, -0.1) is 0 Å². The van der Waals surface area contributed by atoms with Crippen molar-refractivity contribution in [3.05, 3.63) is 71.8 Å². The molecule has 2 aromatic carbocycles. The first-order chi connectivity index (χ1) is 8.77. The summed E-state index contributed by atoms with van der Waals surface area (Å²) in [6.07, 6.45) is 2.73. The fourth-order valence-corrected chi connectivity index (χ4v) is 2.53. The topological polar surface area (TPSA) is 20.2 Å². The van der Waals surface area contributed by atoms with Gasteiger partial charge in [0.05, 0.1) is 5.60 Å². The predicted octanol–water partition coefficient (Wildman–Crippen LogP) is 3.73. The Morgan fingerprint density at radius 3 is 1.67 bits per heavy atom. The zero-order valence-corrected chi connectivity index (χ0v) is 10.4. The second-order valence-corrected chi connectivity index (χ2v) is 5.30. The maximum absolute atomic E-state index is 10.2. The van der Waals surface area contributed by atoms with Crippen LogP contribution in [0.15, 0.2) is 60.7 Å². The lowest BCUT2D eigenvalue weighted by atomic mass is 9.86. The van der Waals surface area contributed by atoms with Gasteiger partial charge in [0.1, 0.15) is 0 Å². The summed E-state index contributed by atoms with van der Waals surface area (Å²) in [5.74, 6) is 0.305. The van der Waals surface area contributed by atoms with Gasteiger partial charge in [-0.3, -0.25) is 0 Å². The van der Waals surface area contributed by atoms with Crippen molar-refractivity contribution in [2.24, 2.45) is 0 Å². The number of benzene rings is 2. The van der Waals surface area contributed by atoms with Gasteiger partial charge in [0.25, 0.3) is 0 Å². The van der Waals surface area contributed by atoms with Crippen LogP contribution in [0.2, 0.25) is 0 Å². The van der Waals surface area contributed by atoms with Crippen LogP contribution in [0.25, 0.3) is 0 Å². The van der Waals surface area contributed by atoms with E-state index in [-0.39, 0.29) is 0 Å².